The quantitative estimate of drug-likeness (QED) is 0.674. The lowest BCUT2D eigenvalue weighted by atomic mass is 10.0. The summed E-state index contributed by atoms with van der Waals surface area (Å²) >= 11 is 0. The number of carbonyl (C=O) groups excluding carboxylic acids is 1. The number of ether oxygens (including phenoxy) is 1. The molecule has 0 saturated heterocycles. The Labute approximate surface area is 167 Å². The molecule has 0 aromatic heterocycles. The lowest BCUT2D eigenvalue weighted by Gasteiger charge is -2.20. The van der Waals surface area contributed by atoms with E-state index in [4.69, 9.17) is 4.74 Å². The first kappa shape index (κ1) is 22.9. The molecule has 0 aliphatic rings. The fourth-order valence-corrected chi connectivity index (χ4v) is 3.66. The van der Waals surface area contributed by atoms with Crippen molar-refractivity contribution < 1.29 is 31.1 Å². The summed E-state index contributed by atoms with van der Waals surface area (Å²) in [6.07, 6.45) is -4.51. The van der Waals surface area contributed by atoms with Crippen LogP contribution in [0.15, 0.2) is 53.4 Å². The fraction of sp³-hybridized carbons (Fsp3) is 0.316. The fourth-order valence-electron chi connectivity index (χ4n) is 2.62. The van der Waals surface area contributed by atoms with Gasteiger partial charge in [0, 0.05) is 19.2 Å². The first-order valence-electron chi connectivity index (χ1n) is 8.65. The van der Waals surface area contributed by atoms with E-state index >= 15 is 0 Å². The molecule has 1 unspecified atom stereocenters. The smallest absolute Gasteiger partial charge is 0.382 e. The Bertz CT molecular complexity index is 945. The number of halogens is 3. The number of nitrogens with one attached hydrogen (secondary N) is 2. The molecule has 2 rings (SSSR count). The summed E-state index contributed by atoms with van der Waals surface area (Å²) in [5.74, 6) is -0.572. The van der Waals surface area contributed by atoms with Crippen LogP contribution in [-0.2, 0) is 20.9 Å². The topological polar surface area (TPSA) is 84.5 Å². The minimum absolute atomic E-state index is 0.00206. The summed E-state index contributed by atoms with van der Waals surface area (Å²) in [4.78, 5) is 12.5. The number of carbonyl (C=O) groups is 1. The molecule has 0 radical (unpaired) electrons. The van der Waals surface area contributed by atoms with Crippen molar-refractivity contribution in [2.24, 2.45) is 0 Å². The van der Waals surface area contributed by atoms with Crippen molar-refractivity contribution in [1.29, 1.82) is 0 Å². The summed E-state index contributed by atoms with van der Waals surface area (Å²) in [5.41, 5.74) is -0.432. The molecule has 0 bridgehead atoms. The molecule has 2 aromatic rings. The first-order valence-corrected chi connectivity index (χ1v) is 10.1. The maximum absolute atomic E-state index is 13.0. The van der Waals surface area contributed by atoms with E-state index in [0.29, 0.717) is 0 Å². The molecule has 0 aliphatic heterocycles. The van der Waals surface area contributed by atoms with E-state index in [1.165, 1.54) is 43.5 Å². The summed E-state index contributed by atoms with van der Waals surface area (Å²) in [6.45, 7) is 1.82. The Morgan fingerprint density at radius 2 is 1.79 bits per heavy atom. The number of methoxy groups -OCH3 is 1. The van der Waals surface area contributed by atoms with E-state index in [0.717, 1.165) is 12.1 Å². The minimum atomic E-state index is -4.51. The zero-order valence-corrected chi connectivity index (χ0v) is 16.6. The van der Waals surface area contributed by atoms with E-state index in [1.54, 1.807) is 6.92 Å². The van der Waals surface area contributed by atoms with Gasteiger partial charge in [-0.1, -0.05) is 19.1 Å². The van der Waals surface area contributed by atoms with Crippen LogP contribution in [0, 0.1) is 0 Å². The number of hydrogen-bond donors (Lipinski definition) is 2. The predicted molar refractivity (Wildman–Crippen MR) is 101 cm³/mol. The van der Waals surface area contributed by atoms with Crippen LogP contribution in [0.4, 0.5) is 13.2 Å². The summed E-state index contributed by atoms with van der Waals surface area (Å²) in [5, 5.41) is 2.62. The Balaban J connectivity index is 2.22. The molecular formula is C19H21F3N2O4S. The van der Waals surface area contributed by atoms with Crippen LogP contribution in [-0.4, -0.2) is 34.6 Å². The van der Waals surface area contributed by atoms with Crippen molar-refractivity contribution in [3.8, 4) is 0 Å². The monoisotopic (exact) mass is 430 g/mol. The van der Waals surface area contributed by atoms with E-state index in [1.807, 2.05) is 0 Å². The van der Waals surface area contributed by atoms with E-state index in [9.17, 15) is 26.4 Å². The molecule has 2 N–H and O–H groups in total. The molecule has 1 amide bonds. The summed E-state index contributed by atoms with van der Waals surface area (Å²) in [7, 11) is -2.29. The number of sulfonamides is 1. The number of hydrogen-bond acceptors (Lipinski definition) is 4. The standard InChI is InChI=1S/C19H21F3N2O4S/c1-3-23-29(26,27)16-9-7-13(8-10-16)18(25)24-17(12-28-2)14-5-4-6-15(11-14)19(20,21)22/h4-11,17,23H,3,12H2,1-2H3,(H,24,25). The van der Waals surface area contributed by atoms with Gasteiger partial charge in [0.2, 0.25) is 10.0 Å². The van der Waals surface area contributed by atoms with Crippen LogP contribution in [0.25, 0.3) is 0 Å². The molecule has 0 spiro atoms. The average molecular weight is 430 g/mol. The van der Waals surface area contributed by atoms with Gasteiger partial charge in [-0.3, -0.25) is 4.79 Å². The zero-order chi connectivity index (χ0) is 21.7. The molecule has 6 nitrogen and oxygen atoms in total. The Hall–Kier alpha value is -2.43. The molecule has 10 heteroatoms. The van der Waals surface area contributed by atoms with Gasteiger partial charge in [0.1, 0.15) is 0 Å². The summed E-state index contributed by atoms with van der Waals surface area (Å²) < 4.78 is 70.2. The first-order chi connectivity index (χ1) is 13.6. The SMILES string of the molecule is CCNS(=O)(=O)c1ccc(C(=O)NC(COC)c2cccc(C(F)(F)F)c2)cc1. The highest BCUT2D eigenvalue weighted by atomic mass is 32.2. The second-order valence-corrected chi connectivity index (χ2v) is 7.90. The van der Waals surface area contributed by atoms with Gasteiger partial charge >= 0.3 is 6.18 Å². The minimum Gasteiger partial charge on any atom is -0.382 e. The highest BCUT2D eigenvalue weighted by Crippen LogP contribution is 2.31. The number of benzene rings is 2. The van der Waals surface area contributed by atoms with Crippen molar-refractivity contribution in [1.82, 2.24) is 10.0 Å². The number of amides is 1. The Kier molecular flexibility index (Phi) is 7.39. The van der Waals surface area contributed by atoms with Crippen molar-refractivity contribution in [3.05, 3.63) is 65.2 Å². The second-order valence-electron chi connectivity index (χ2n) is 6.13. The van der Waals surface area contributed by atoms with Crippen LogP contribution in [0.3, 0.4) is 0 Å². The molecule has 0 aliphatic carbocycles. The molecule has 1 atom stereocenters. The molecule has 0 saturated carbocycles. The second kappa shape index (κ2) is 9.38. The van der Waals surface area contributed by atoms with Gasteiger partial charge in [0.15, 0.2) is 0 Å². The zero-order valence-electron chi connectivity index (χ0n) is 15.8. The summed E-state index contributed by atoms with van der Waals surface area (Å²) in [6, 6.07) is 9.02. The van der Waals surface area contributed by atoms with E-state index in [-0.39, 0.29) is 29.2 Å². The largest absolute Gasteiger partial charge is 0.416 e. The van der Waals surface area contributed by atoms with Gasteiger partial charge in [-0.05, 0) is 42.0 Å². The van der Waals surface area contributed by atoms with Gasteiger partial charge in [-0.2, -0.15) is 13.2 Å². The van der Waals surface area contributed by atoms with Crippen LogP contribution < -0.4 is 10.0 Å². The van der Waals surface area contributed by atoms with Crippen LogP contribution in [0.5, 0.6) is 0 Å². The van der Waals surface area contributed by atoms with Gasteiger partial charge in [-0.15, -0.1) is 0 Å². The van der Waals surface area contributed by atoms with Crippen molar-refractivity contribution in [3.63, 3.8) is 0 Å². The van der Waals surface area contributed by atoms with Crippen molar-refractivity contribution >= 4 is 15.9 Å². The van der Waals surface area contributed by atoms with Crippen LogP contribution in [0.2, 0.25) is 0 Å². The Morgan fingerprint density at radius 3 is 2.34 bits per heavy atom. The maximum Gasteiger partial charge on any atom is 0.416 e. The van der Waals surface area contributed by atoms with Crippen molar-refractivity contribution in [2.75, 3.05) is 20.3 Å². The van der Waals surface area contributed by atoms with E-state index < -0.39 is 33.7 Å². The highest BCUT2D eigenvalue weighted by molar-refractivity contribution is 7.89. The van der Waals surface area contributed by atoms with E-state index in [2.05, 4.69) is 10.0 Å². The molecule has 0 heterocycles. The third kappa shape index (κ3) is 6.02. The third-order valence-corrected chi connectivity index (χ3v) is 5.58. The average Bonchev–Trinajstić information content (AvgIpc) is 2.67. The van der Waals surface area contributed by atoms with Gasteiger partial charge in [-0.25, -0.2) is 13.1 Å². The van der Waals surface area contributed by atoms with Gasteiger partial charge < -0.3 is 10.1 Å². The third-order valence-electron chi connectivity index (χ3n) is 4.02. The lowest BCUT2D eigenvalue weighted by molar-refractivity contribution is -0.137. The molecular weight excluding hydrogens is 409 g/mol. The number of alkyl halides is 3. The molecule has 158 valence electrons. The number of rotatable bonds is 8. The Morgan fingerprint density at radius 1 is 1.14 bits per heavy atom. The maximum atomic E-state index is 13.0. The molecule has 0 fully saturated rings. The van der Waals surface area contributed by atoms with Crippen LogP contribution in [0.1, 0.15) is 34.5 Å². The lowest BCUT2D eigenvalue weighted by Crippen LogP contribution is -2.31. The normalized spacial score (nSPS) is 13.1. The highest BCUT2D eigenvalue weighted by Gasteiger charge is 2.31. The van der Waals surface area contributed by atoms with Gasteiger partial charge in [0.05, 0.1) is 23.1 Å². The molecule has 29 heavy (non-hydrogen) atoms. The predicted octanol–water partition coefficient (Wildman–Crippen LogP) is 3.12. The van der Waals surface area contributed by atoms with Crippen molar-refractivity contribution in [2.45, 2.75) is 24.0 Å². The molecule has 2 aromatic carbocycles. The van der Waals surface area contributed by atoms with Gasteiger partial charge in [0.25, 0.3) is 5.91 Å². The van der Waals surface area contributed by atoms with Crippen LogP contribution >= 0.6 is 0 Å².